The Hall–Kier alpha value is -3.15. The number of carbonyl (C=O) groups is 1. The van der Waals surface area contributed by atoms with Crippen molar-refractivity contribution in [2.24, 2.45) is 0 Å². The summed E-state index contributed by atoms with van der Waals surface area (Å²) in [6.07, 6.45) is 3.93. The molecule has 2 heterocycles. The highest BCUT2D eigenvalue weighted by molar-refractivity contribution is 5.94. The van der Waals surface area contributed by atoms with Crippen molar-refractivity contribution in [1.29, 1.82) is 0 Å². The highest BCUT2D eigenvalue weighted by atomic mass is 19.1. The van der Waals surface area contributed by atoms with E-state index in [-0.39, 0.29) is 11.7 Å². The Morgan fingerprint density at radius 2 is 1.96 bits per heavy atom. The third kappa shape index (κ3) is 3.43. The Balaban J connectivity index is 1.65. The molecule has 3 aromatic rings. The second-order valence-electron chi connectivity index (χ2n) is 6.41. The van der Waals surface area contributed by atoms with E-state index in [4.69, 9.17) is 9.47 Å². The maximum Gasteiger partial charge on any atom is 0.226 e. The van der Waals surface area contributed by atoms with Crippen molar-refractivity contribution in [3.05, 3.63) is 54.5 Å². The molecule has 27 heavy (non-hydrogen) atoms. The zero-order valence-corrected chi connectivity index (χ0v) is 14.9. The molecule has 6 heteroatoms. The summed E-state index contributed by atoms with van der Waals surface area (Å²) in [7, 11) is 1.58. The van der Waals surface area contributed by atoms with Crippen molar-refractivity contribution in [3.63, 3.8) is 0 Å². The molecule has 0 N–H and O–H groups in total. The number of pyridine rings is 1. The van der Waals surface area contributed by atoms with E-state index in [1.807, 2.05) is 12.1 Å². The summed E-state index contributed by atoms with van der Waals surface area (Å²) < 4.78 is 25.7. The van der Waals surface area contributed by atoms with Crippen molar-refractivity contribution < 1.29 is 18.7 Å². The maximum absolute atomic E-state index is 14.7. The van der Waals surface area contributed by atoms with Crippen LogP contribution in [-0.4, -0.2) is 24.5 Å². The molecule has 0 atom stereocenters. The molecule has 0 spiro atoms. The molecule has 1 aliphatic rings. The first kappa shape index (κ1) is 17.3. The third-order valence-corrected chi connectivity index (χ3v) is 4.68. The number of nitrogens with zero attached hydrogens (tertiary/aromatic N) is 2. The average molecular weight is 366 g/mol. The zero-order chi connectivity index (χ0) is 18.8. The number of aromatic nitrogens is 1. The topological polar surface area (TPSA) is 51.7 Å². The maximum atomic E-state index is 14.7. The Morgan fingerprint density at radius 3 is 2.74 bits per heavy atom. The van der Waals surface area contributed by atoms with E-state index >= 15 is 0 Å². The molecule has 0 bridgehead atoms. The largest absolute Gasteiger partial charge is 0.497 e. The molecule has 0 saturated carbocycles. The van der Waals surface area contributed by atoms with Gasteiger partial charge in [-0.3, -0.25) is 9.78 Å². The van der Waals surface area contributed by atoms with Crippen LogP contribution in [0.3, 0.4) is 0 Å². The number of amides is 1. The third-order valence-electron chi connectivity index (χ3n) is 4.68. The summed E-state index contributed by atoms with van der Waals surface area (Å²) in [5, 5.41) is 0.728. The van der Waals surface area contributed by atoms with Crippen LogP contribution >= 0.6 is 0 Å². The number of fused-ring (bicyclic) bond motifs is 1. The quantitative estimate of drug-likeness (QED) is 0.672. The van der Waals surface area contributed by atoms with Crippen molar-refractivity contribution >= 4 is 22.5 Å². The molecule has 0 unspecified atom stereocenters. The highest BCUT2D eigenvalue weighted by Gasteiger charge is 2.21. The second-order valence-corrected chi connectivity index (χ2v) is 6.41. The minimum Gasteiger partial charge on any atom is -0.497 e. The van der Waals surface area contributed by atoms with Gasteiger partial charge < -0.3 is 14.4 Å². The summed E-state index contributed by atoms with van der Waals surface area (Å²) in [4.78, 5) is 18.0. The van der Waals surface area contributed by atoms with Crippen LogP contribution in [0.1, 0.15) is 19.3 Å². The van der Waals surface area contributed by atoms with Crippen LogP contribution in [-0.2, 0) is 4.79 Å². The lowest BCUT2D eigenvalue weighted by atomic mass is 10.1. The van der Waals surface area contributed by atoms with E-state index in [0.717, 1.165) is 23.7 Å². The lowest BCUT2D eigenvalue weighted by molar-refractivity contribution is -0.119. The number of halogens is 1. The van der Waals surface area contributed by atoms with E-state index in [9.17, 15) is 9.18 Å². The number of rotatable bonds is 4. The molecule has 2 aromatic carbocycles. The first-order chi connectivity index (χ1) is 13.2. The predicted octanol–water partition coefficient (Wildman–Crippen LogP) is 4.69. The fourth-order valence-electron chi connectivity index (χ4n) is 3.25. The van der Waals surface area contributed by atoms with Gasteiger partial charge in [-0.25, -0.2) is 4.39 Å². The van der Waals surface area contributed by atoms with Gasteiger partial charge in [0.25, 0.3) is 0 Å². The number of ether oxygens (including phenoxy) is 2. The van der Waals surface area contributed by atoms with Crippen molar-refractivity contribution in [1.82, 2.24) is 4.98 Å². The van der Waals surface area contributed by atoms with E-state index in [2.05, 4.69) is 4.98 Å². The Bertz CT molecular complexity index is 1010. The number of benzene rings is 2. The van der Waals surface area contributed by atoms with Crippen LogP contribution < -0.4 is 14.4 Å². The van der Waals surface area contributed by atoms with Crippen molar-refractivity contribution in [2.45, 2.75) is 19.3 Å². The molecule has 4 rings (SSSR count). The van der Waals surface area contributed by atoms with Gasteiger partial charge in [-0.1, -0.05) is 0 Å². The fraction of sp³-hybridized carbons (Fsp3) is 0.238. The summed E-state index contributed by atoms with van der Waals surface area (Å²) in [6, 6.07) is 11.7. The van der Waals surface area contributed by atoms with Crippen LogP contribution in [0.5, 0.6) is 17.2 Å². The van der Waals surface area contributed by atoms with Gasteiger partial charge in [-0.05, 0) is 49.2 Å². The fourth-order valence-corrected chi connectivity index (χ4v) is 3.25. The minimum atomic E-state index is -0.515. The number of piperidine rings is 1. The summed E-state index contributed by atoms with van der Waals surface area (Å²) in [6.45, 7) is 0.618. The van der Waals surface area contributed by atoms with E-state index < -0.39 is 5.82 Å². The smallest absolute Gasteiger partial charge is 0.226 e. The van der Waals surface area contributed by atoms with Crippen molar-refractivity contribution in [3.8, 4) is 17.2 Å². The van der Waals surface area contributed by atoms with Crippen LogP contribution in [0.4, 0.5) is 10.1 Å². The number of hydrogen-bond acceptors (Lipinski definition) is 4. The first-order valence-electron chi connectivity index (χ1n) is 8.86. The molecule has 0 radical (unpaired) electrons. The first-order valence-corrected chi connectivity index (χ1v) is 8.86. The summed E-state index contributed by atoms with van der Waals surface area (Å²) in [5.41, 5.74) is 1.29. The van der Waals surface area contributed by atoms with E-state index in [0.29, 0.717) is 30.2 Å². The van der Waals surface area contributed by atoms with Crippen LogP contribution in [0, 0.1) is 5.82 Å². The number of anilines is 1. The molecule has 0 aliphatic carbocycles. The molecule has 138 valence electrons. The standard InChI is InChI=1S/C21H19FN2O3/c1-26-15-6-7-18-16(13-15)19(9-10-23-18)27-20-8-5-14(12-17(20)22)24-11-3-2-4-21(24)25/h5-10,12-13H,2-4,11H2,1H3. The van der Waals surface area contributed by atoms with Gasteiger partial charge in [0.1, 0.15) is 11.5 Å². The summed E-state index contributed by atoms with van der Waals surface area (Å²) in [5.74, 6) is 0.762. The molecular weight excluding hydrogens is 347 g/mol. The van der Waals surface area contributed by atoms with Gasteiger partial charge in [0, 0.05) is 36.3 Å². The Labute approximate surface area is 156 Å². The average Bonchev–Trinajstić information content (AvgIpc) is 2.70. The lowest BCUT2D eigenvalue weighted by Crippen LogP contribution is -2.35. The normalized spacial score (nSPS) is 14.4. The number of carbonyl (C=O) groups excluding carboxylic acids is 1. The van der Waals surface area contributed by atoms with Gasteiger partial charge in [0.15, 0.2) is 11.6 Å². The monoisotopic (exact) mass is 366 g/mol. The second kappa shape index (κ2) is 7.23. The molecule has 5 nitrogen and oxygen atoms in total. The summed E-state index contributed by atoms with van der Waals surface area (Å²) >= 11 is 0. The highest BCUT2D eigenvalue weighted by Crippen LogP contribution is 2.34. The molecule has 1 fully saturated rings. The van der Waals surface area contributed by atoms with Crippen LogP contribution in [0.2, 0.25) is 0 Å². The van der Waals surface area contributed by atoms with Gasteiger partial charge in [0.2, 0.25) is 5.91 Å². The van der Waals surface area contributed by atoms with Gasteiger partial charge in [-0.2, -0.15) is 0 Å². The molecule has 1 saturated heterocycles. The lowest BCUT2D eigenvalue weighted by Gasteiger charge is -2.27. The SMILES string of the molecule is COc1ccc2nccc(Oc3ccc(N4CCCCC4=O)cc3F)c2c1. The molecule has 1 amide bonds. The van der Waals surface area contributed by atoms with Crippen molar-refractivity contribution in [2.75, 3.05) is 18.6 Å². The van der Waals surface area contributed by atoms with Gasteiger partial charge >= 0.3 is 0 Å². The van der Waals surface area contributed by atoms with E-state index in [1.54, 1.807) is 42.5 Å². The molecule has 1 aromatic heterocycles. The predicted molar refractivity (Wildman–Crippen MR) is 101 cm³/mol. The van der Waals surface area contributed by atoms with Gasteiger partial charge in [-0.15, -0.1) is 0 Å². The number of hydrogen-bond donors (Lipinski definition) is 0. The zero-order valence-electron chi connectivity index (χ0n) is 14.9. The van der Waals surface area contributed by atoms with Gasteiger partial charge in [0.05, 0.1) is 12.6 Å². The van der Waals surface area contributed by atoms with Crippen LogP contribution in [0.15, 0.2) is 48.7 Å². The molecular formula is C21H19FN2O3. The number of methoxy groups -OCH3 is 1. The minimum absolute atomic E-state index is 0.0292. The Kier molecular flexibility index (Phi) is 4.62. The van der Waals surface area contributed by atoms with E-state index in [1.165, 1.54) is 6.07 Å². The van der Waals surface area contributed by atoms with Crippen LogP contribution in [0.25, 0.3) is 10.9 Å². The molecule has 1 aliphatic heterocycles. The Morgan fingerprint density at radius 1 is 1.07 bits per heavy atom.